The van der Waals surface area contributed by atoms with Crippen molar-refractivity contribution in [3.63, 3.8) is 0 Å². The van der Waals surface area contributed by atoms with Gasteiger partial charge >= 0.3 is 0 Å². The molecule has 1 fully saturated rings. The predicted molar refractivity (Wildman–Crippen MR) is 105 cm³/mol. The monoisotopic (exact) mass is 353 g/mol. The summed E-state index contributed by atoms with van der Waals surface area (Å²) < 4.78 is 5.77. The number of carbonyl (C=O) groups excluding carboxylic acids is 1. The Morgan fingerprint density at radius 3 is 2.50 bits per heavy atom. The molecule has 2 aromatic rings. The van der Waals surface area contributed by atoms with Gasteiger partial charge in [0, 0.05) is 24.0 Å². The highest BCUT2D eigenvalue weighted by atomic mass is 16.3. The lowest BCUT2D eigenvalue weighted by molar-refractivity contribution is 0.0895. The fourth-order valence-corrected chi connectivity index (χ4v) is 3.59. The first-order chi connectivity index (χ1) is 12.6. The lowest BCUT2D eigenvalue weighted by Crippen LogP contribution is -2.44. The summed E-state index contributed by atoms with van der Waals surface area (Å²) in [7, 11) is 1.84. The molecule has 1 heterocycles. The third kappa shape index (κ3) is 4.10. The molecule has 1 aliphatic carbocycles. The largest absolute Gasteiger partial charge is 0.451 e. The Hall–Kier alpha value is -2.69. The summed E-state index contributed by atoms with van der Waals surface area (Å²) in [5.74, 6) is 1.16. The van der Waals surface area contributed by atoms with Crippen molar-refractivity contribution < 1.29 is 9.21 Å². The molecule has 26 heavy (non-hydrogen) atoms. The van der Waals surface area contributed by atoms with Gasteiger partial charge in [0.1, 0.15) is 5.76 Å². The van der Waals surface area contributed by atoms with Crippen LogP contribution in [0.2, 0.25) is 0 Å². The second-order valence-electron chi connectivity index (χ2n) is 6.91. The minimum Gasteiger partial charge on any atom is -0.451 e. The number of carbonyl (C=O) groups is 1. The van der Waals surface area contributed by atoms with Crippen molar-refractivity contribution in [1.29, 1.82) is 0 Å². The number of likely N-dealkylation sites (N-methyl/N-ethyl adjacent to an activating group) is 1. The molecule has 5 nitrogen and oxygen atoms in total. The zero-order chi connectivity index (χ0) is 18.5. The molecule has 0 saturated heterocycles. The van der Waals surface area contributed by atoms with Crippen molar-refractivity contribution >= 4 is 11.6 Å². The van der Waals surface area contributed by atoms with E-state index in [0.717, 1.165) is 24.1 Å². The van der Waals surface area contributed by atoms with Gasteiger partial charge in [-0.15, -0.1) is 0 Å². The van der Waals surface area contributed by atoms with Gasteiger partial charge in [-0.05, 0) is 55.2 Å². The van der Waals surface area contributed by atoms with Crippen LogP contribution >= 0.6 is 0 Å². The van der Waals surface area contributed by atoms with Gasteiger partial charge in [-0.3, -0.25) is 4.79 Å². The maximum absolute atomic E-state index is 12.7. The van der Waals surface area contributed by atoms with E-state index < -0.39 is 0 Å². The van der Waals surface area contributed by atoms with Crippen molar-refractivity contribution in [3.8, 4) is 11.3 Å². The number of nitrogen functional groups attached to an aromatic ring is 1. The standard InChI is InChI=1S/C21H27N3O2/c1-14(23-2)20(16-6-4-3-5-7-16)24-21(25)19-13-12-18(26-19)15-8-10-17(22)11-9-15/h8-13,16,20,23H,1,3-7,22H2,2H3,(H,24,25)/t20-/m1/s1. The van der Waals surface area contributed by atoms with Crippen molar-refractivity contribution in [1.82, 2.24) is 10.6 Å². The maximum Gasteiger partial charge on any atom is 0.287 e. The van der Waals surface area contributed by atoms with E-state index >= 15 is 0 Å². The molecule has 1 saturated carbocycles. The minimum atomic E-state index is -0.210. The molecule has 5 heteroatoms. The summed E-state index contributed by atoms with van der Waals surface area (Å²) in [4.78, 5) is 12.7. The molecule has 138 valence electrons. The average molecular weight is 353 g/mol. The van der Waals surface area contributed by atoms with Crippen molar-refractivity contribution in [2.24, 2.45) is 5.92 Å². The molecular weight excluding hydrogens is 326 g/mol. The fraction of sp³-hybridized carbons (Fsp3) is 0.381. The predicted octanol–water partition coefficient (Wildman–Crippen LogP) is 3.94. The van der Waals surface area contributed by atoms with Crippen LogP contribution in [0.15, 0.2) is 53.1 Å². The SMILES string of the molecule is C=C(NC)[C@@H](NC(=O)c1ccc(-c2ccc(N)cc2)o1)C1CCCCC1. The Morgan fingerprint density at radius 2 is 1.85 bits per heavy atom. The molecule has 0 bridgehead atoms. The van der Waals surface area contributed by atoms with Crippen LogP contribution in [-0.2, 0) is 0 Å². The molecule has 0 unspecified atom stereocenters. The smallest absolute Gasteiger partial charge is 0.287 e. The fourth-order valence-electron chi connectivity index (χ4n) is 3.59. The summed E-state index contributed by atoms with van der Waals surface area (Å²) in [5, 5.41) is 6.22. The van der Waals surface area contributed by atoms with E-state index in [1.165, 1.54) is 19.3 Å². The molecule has 1 aromatic carbocycles. The average Bonchev–Trinajstić information content (AvgIpc) is 3.17. The number of benzene rings is 1. The molecule has 1 atom stereocenters. The molecule has 0 spiro atoms. The number of hydrogen-bond donors (Lipinski definition) is 3. The third-order valence-electron chi connectivity index (χ3n) is 5.13. The van der Waals surface area contributed by atoms with Crippen LogP contribution in [0, 0.1) is 5.92 Å². The highest BCUT2D eigenvalue weighted by Crippen LogP contribution is 2.29. The molecular formula is C21H27N3O2. The van der Waals surface area contributed by atoms with E-state index in [4.69, 9.17) is 10.2 Å². The highest BCUT2D eigenvalue weighted by molar-refractivity contribution is 5.92. The van der Waals surface area contributed by atoms with Crippen molar-refractivity contribution in [2.45, 2.75) is 38.1 Å². The van der Waals surface area contributed by atoms with Crippen LogP contribution in [0.25, 0.3) is 11.3 Å². The minimum absolute atomic E-state index is 0.0853. The van der Waals surface area contributed by atoms with Crippen LogP contribution in [0.3, 0.4) is 0 Å². The van der Waals surface area contributed by atoms with Gasteiger partial charge in [-0.1, -0.05) is 25.8 Å². The van der Waals surface area contributed by atoms with Crippen molar-refractivity contribution in [2.75, 3.05) is 12.8 Å². The lowest BCUT2D eigenvalue weighted by atomic mass is 9.82. The lowest BCUT2D eigenvalue weighted by Gasteiger charge is -2.32. The molecule has 3 rings (SSSR count). The van der Waals surface area contributed by atoms with Crippen molar-refractivity contribution in [3.05, 3.63) is 54.4 Å². The Morgan fingerprint density at radius 1 is 1.15 bits per heavy atom. The van der Waals surface area contributed by atoms with Gasteiger partial charge in [0.2, 0.25) is 0 Å². The summed E-state index contributed by atoms with van der Waals surface area (Å²) >= 11 is 0. The first-order valence-electron chi connectivity index (χ1n) is 9.21. The van der Waals surface area contributed by atoms with E-state index in [1.807, 2.05) is 37.4 Å². The van der Waals surface area contributed by atoms with Gasteiger partial charge in [0.25, 0.3) is 5.91 Å². The Bertz CT molecular complexity index is 758. The number of amides is 1. The van der Waals surface area contributed by atoms with Crippen LogP contribution in [0.4, 0.5) is 5.69 Å². The van der Waals surface area contributed by atoms with E-state index in [9.17, 15) is 4.79 Å². The zero-order valence-electron chi connectivity index (χ0n) is 15.3. The van der Waals surface area contributed by atoms with E-state index in [0.29, 0.717) is 23.1 Å². The van der Waals surface area contributed by atoms with Gasteiger partial charge < -0.3 is 20.8 Å². The van der Waals surface area contributed by atoms with E-state index in [-0.39, 0.29) is 11.9 Å². The van der Waals surface area contributed by atoms with Gasteiger partial charge in [-0.2, -0.15) is 0 Å². The maximum atomic E-state index is 12.7. The van der Waals surface area contributed by atoms with Crippen LogP contribution < -0.4 is 16.4 Å². The van der Waals surface area contributed by atoms with Gasteiger partial charge in [-0.25, -0.2) is 0 Å². The Labute approximate surface area is 154 Å². The first kappa shape index (κ1) is 18.1. The topological polar surface area (TPSA) is 80.3 Å². The zero-order valence-corrected chi connectivity index (χ0v) is 15.3. The number of hydrogen-bond acceptors (Lipinski definition) is 4. The number of rotatable bonds is 6. The normalized spacial score (nSPS) is 16.0. The summed E-state index contributed by atoms with van der Waals surface area (Å²) in [6, 6.07) is 10.8. The third-order valence-corrected chi connectivity index (χ3v) is 5.13. The molecule has 1 aliphatic rings. The Balaban J connectivity index is 1.73. The summed E-state index contributed by atoms with van der Waals surface area (Å²) in [6.07, 6.45) is 5.90. The summed E-state index contributed by atoms with van der Waals surface area (Å²) in [5.41, 5.74) is 8.14. The molecule has 4 N–H and O–H groups in total. The van der Waals surface area contributed by atoms with Gasteiger partial charge in [0.15, 0.2) is 5.76 Å². The van der Waals surface area contributed by atoms with Crippen LogP contribution in [0.1, 0.15) is 42.7 Å². The Kier molecular flexibility index (Phi) is 5.66. The van der Waals surface area contributed by atoms with E-state index in [1.54, 1.807) is 6.07 Å². The number of nitrogens with two attached hydrogens (primary N) is 1. The van der Waals surface area contributed by atoms with Crippen LogP contribution in [0.5, 0.6) is 0 Å². The number of nitrogens with one attached hydrogen (secondary N) is 2. The van der Waals surface area contributed by atoms with Crippen LogP contribution in [-0.4, -0.2) is 19.0 Å². The molecule has 1 aromatic heterocycles. The second kappa shape index (κ2) is 8.13. The molecule has 1 amide bonds. The quantitative estimate of drug-likeness (QED) is 0.687. The van der Waals surface area contributed by atoms with Gasteiger partial charge in [0.05, 0.1) is 6.04 Å². The number of furan rings is 1. The molecule has 0 aliphatic heterocycles. The van der Waals surface area contributed by atoms with E-state index in [2.05, 4.69) is 17.2 Å². The second-order valence-corrected chi connectivity index (χ2v) is 6.91. The first-order valence-corrected chi connectivity index (χ1v) is 9.21. The highest BCUT2D eigenvalue weighted by Gasteiger charge is 2.28. The summed E-state index contributed by atoms with van der Waals surface area (Å²) in [6.45, 7) is 4.09. The molecule has 0 radical (unpaired) electrons. The number of anilines is 1.